The van der Waals surface area contributed by atoms with Gasteiger partial charge in [-0.3, -0.25) is 4.79 Å². The van der Waals surface area contributed by atoms with E-state index >= 15 is 0 Å². The fourth-order valence-corrected chi connectivity index (χ4v) is 4.10. The molecule has 144 valence electrons. The van der Waals surface area contributed by atoms with Crippen molar-refractivity contribution in [3.05, 3.63) is 35.7 Å². The third-order valence-electron chi connectivity index (χ3n) is 5.22. The second kappa shape index (κ2) is 6.97. The smallest absolute Gasteiger partial charge is 0.237 e. The summed E-state index contributed by atoms with van der Waals surface area (Å²) in [4.78, 5) is 12.7. The number of nitrogens with one attached hydrogen (secondary N) is 1. The number of aromatic nitrogens is 3. The van der Waals surface area contributed by atoms with Crippen LogP contribution in [0, 0.1) is 0 Å². The molecule has 0 spiro atoms. The van der Waals surface area contributed by atoms with Crippen molar-refractivity contribution in [2.45, 2.75) is 81.2 Å². The zero-order chi connectivity index (χ0) is 19.2. The van der Waals surface area contributed by atoms with E-state index in [1.165, 1.54) is 43.0 Å². The van der Waals surface area contributed by atoms with E-state index in [-0.39, 0.29) is 16.6 Å². The van der Waals surface area contributed by atoms with Crippen LogP contribution < -0.4 is 5.32 Å². The van der Waals surface area contributed by atoms with Crippen LogP contribution in [0.2, 0.25) is 0 Å². The molecule has 1 aromatic carbocycles. The van der Waals surface area contributed by atoms with E-state index in [9.17, 15) is 4.79 Å². The topological polar surface area (TPSA) is 59.8 Å². The number of nitrogens with zero attached hydrogens (tertiary/aromatic N) is 3. The number of rotatable bonds is 6. The largest absolute Gasteiger partial charge is 0.325 e. The van der Waals surface area contributed by atoms with Crippen LogP contribution in [-0.4, -0.2) is 25.9 Å². The minimum atomic E-state index is -0.221. The van der Waals surface area contributed by atoms with E-state index in [1.807, 2.05) is 19.1 Å². The highest BCUT2D eigenvalue weighted by atomic mass is 32.2. The number of anilines is 1. The van der Waals surface area contributed by atoms with E-state index in [4.69, 9.17) is 0 Å². The molecule has 0 radical (unpaired) electrons. The molecule has 1 aromatic heterocycles. The molecule has 2 saturated carbocycles. The van der Waals surface area contributed by atoms with E-state index < -0.39 is 0 Å². The molecule has 1 atom stereocenters. The van der Waals surface area contributed by atoms with Gasteiger partial charge in [0, 0.05) is 17.6 Å². The lowest BCUT2D eigenvalue weighted by atomic mass is 9.87. The Morgan fingerprint density at radius 3 is 2.37 bits per heavy atom. The van der Waals surface area contributed by atoms with E-state index in [2.05, 4.69) is 53.0 Å². The molecule has 5 nitrogen and oxygen atoms in total. The Bertz CT molecular complexity index is 829. The van der Waals surface area contributed by atoms with Crippen molar-refractivity contribution in [1.82, 2.24) is 14.8 Å². The van der Waals surface area contributed by atoms with Crippen molar-refractivity contribution in [3.8, 4) is 0 Å². The second-order valence-electron chi connectivity index (χ2n) is 8.79. The third kappa shape index (κ3) is 4.21. The molecule has 2 aliphatic carbocycles. The summed E-state index contributed by atoms with van der Waals surface area (Å²) in [6.45, 7) is 8.49. The van der Waals surface area contributed by atoms with Crippen LogP contribution in [0.15, 0.2) is 29.4 Å². The van der Waals surface area contributed by atoms with Gasteiger partial charge in [-0.15, -0.1) is 10.2 Å². The molecular weight excluding hydrogens is 356 g/mol. The van der Waals surface area contributed by atoms with Crippen LogP contribution in [0.4, 0.5) is 5.69 Å². The minimum absolute atomic E-state index is 0.00169. The summed E-state index contributed by atoms with van der Waals surface area (Å²) in [7, 11) is 0. The first-order valence-electron chi connectivity index (χ1n) is 9.86. The fourth-order valence-electron chi connectivity index (χ4n) is 3.17. The van der Waals surface area contributed by atoms with Crippen LogP contribution in [0.25, 0.3) is 0 Å². The molecule has 1 unspecified atom stereocenters. The number of carbonyl (C=O) groups excluding carboxylic acids is 1. The number of benzene rings is 1. The number of hydrogen-bond donors (Lipinski definition) is 1. The van der Waals surface area contributed by atoms with Gasteiger partial charge in [-0.25, -0.2) is 0 Å². The molecule has 2 fully saturated rings. The SMILES string of the molecule is CC(Sc1nnc(C2CC2)n1C1CC1)C(=O)Nc1ccc(C(C)(C)C)cc1. The number of hydrogen-bond acceptors (Lipinski definition) is 4. The Kier molecular flexibility index (Phi) is 4.78. The zero-order valence-corrected chi connectivity index (χ0v) is 17.3. The molecule has 0 saturated heterocycles. The van der Waals surface area contributed by atoms with Crippen molar-refractivity contribution in [3.63, 3.8) is 0 Å². The Morgan fingerprint density at radius 2 is 1.81 bits per heavy atom. The zero-order valence-electron chi connectivity index (χ0n) is 16.5. The van der Waals surface area contributed by atoms with Gasteiger partial charge in [0.2, 0.25) is 5.91 Å². The summed E-state index contributed by atoms with van der Waals surface area (Å²) in [6.07, 6.45) is 4.84. The fraction of sp³-hybridized carbons (Fsp3) is 0.571. The normalized spacial score (nSPS) is 18.4. The van der Waals surface area contributed by atoms with E-state index in [0.29, 0.717) is 12.0 Å². The van der Waals surface area contributed by atoms with E-state index in [0.717, 1.165) is 16.7 Å². The molecule has 2 aliphatic rings. The Hall–Kier alpha value is -1.82. The van der Waals surface area contributed by atoms with Gasteiger partial charge in [-0.2, -0.15) is 0 Å². The maximum Gasteiger partial charge on any atom is 0.237 e. The lowest BCUT2D eigenvalue weighted by molar-refractivity contribution is -0.115. The first-order valence-corrected chi connectivity index (χ1v) is 10.7. The highest BCUT2D eigenvalue weighted by Crippen LogP contribution is 2.46. The molecule has 0 aliphatic heterocycles. The average Bonchev–Trinajstić information content (AvgIpc) is 3.53. The summed E-state index contributed by atoms with van der Waals surface area (Å²) in [5.41, 5.74) is 2.20. The van der Waals surface area contributed by atoms with Crippen LogP contribution in [0.5, 0.6) is 0 Å². The van der Waals surface area contributed by atoms with Crippen molar-refractivity contribution in [2.75, 3.05) is 5.32 Å². The Labute approximate surface area is 165 Å². The summed E-state index contributed by atoms with van der Waals surface area (Å²) in [5.74, 6) is 1.71. The molecule has 1 heterocycles. The third-order valence-corrected chi connectivity index (χ3v) is 6.27. The minimum Gasteiger partial charge on any atom is -0.325 e. The van der Waals surface area contributed by atoms with Crippen molar-refractivity contribution in [2.24, 2.45) is 0 Å². The second-order valence-corrected chi connectivity index (χ2v) is 10.1. The van der Waals surface area contributed by atoms with Gasteiger partial charge < -0.3 is 9.88 Å². The summed E-state index contributed by atoms with van der Waals surface area (Å²) in [5, 5.41) is 12.5. The molecule has 4 rings (SSSR count). The summed E-state index contributed by atoms with van der Waals surface area (Å²) >= 11 is 1.52. The van der Waals surface area contributed by atoms with Gasteiger partial charge in [-0.1, -0.05) is 44.7 Å². The maximum atomic E-state index is 12.7. The Morgan fingerprint density at radius 1 is 1.15 bits per heavy atom. The number of carbonyl (C=O) groups is 1. The lowest BCUT2D eigenvalue weighted by Gasteiger charge is -2.19. The predicted molar refractivity (Wildman–Crippen MR) is 109 cm³/mol. The Balaban J connectivity index is 1.41. The molecule has 1 amide bonds. The first kappa shape index (κ1) is 18.5. The van der Waals surface area contributed by atoms with Crippen LogP contribution in [0.3, 0.4) is 0 Å². The number of thioether (sulfide) groups is 1. The van der Waals surface area contributed by atoms with Crippen molar-refractivity contribution >= 4 is 23.4 Å². The highest BCUT2D eigenvalue weighted by Gasteiger charge is 2.37. The van der Waals surface area contributed by atoms with Crippen LogP contribution in [0.1, 0.15) is 76.7 Å². The quantitative estimate of drug-likeness (QED) is 0.719. The van der Waals surface area contributed by atoms with Gasteiger partial charge >= 0.3 is 0 Å². The van der Waals surface area contributed by atoms with Crippen molar-refractivity contribution < 1.29 is 4.79 Å². The standard InChI is InChI=1S/C21H28N4OS/c1-13(19(26)22-16-9-7-15(8-10-16)21(2,3)4)27-20-24-23-18(14-5-6-14)25(20)17-11-12-17/h7-10,13-14,17H,5-6,11-12H2,1-4H3,(H,22,26). The predicted octanol–water partition coefficient (Wildman–Crippen LogP) is 4.91. The highest BCUT2D eigenvalue weighted by molar-refractivity contribution is 8.00. The molecule has 1 N–H and O–H groups in total. The molecular formula is C21H28N4OS. The molecule has 27 heavy (non-hydrogen) atoms. The van der Waals surface area contributed by atoms with Crippen molar-refractivity contribution in [1.29, 1.82) is 0 Å². The van der Waals surface area contributed by atoms with E-state index in [1.54, 1.807) is 0 Å². The first-order chi connectivity index (χ1) is 12.8. The van der Waals surface area contributed by atoms with Gasteiger partial charge in [0.1, 0.15) is 5.82 Å². The maximum absolute atomic E-state index is 12.7. The molecule has 6 heteroatoms. The summed E-state index contributed by atoms with van der Waals surface area (Å²) < 4.78 is 2.30. The lowest BCUT2D eigenvalue weighted by Crippen LogP contribution is -2.23. The average molecular weight is 385 g/mol. The monoisotopic (exact) mass is 384 g/mol. The van der Waals surface area contributed by atoms with Gasteiger partial charge in [0.25, 0.3) is 0 Å². The number of amides is 1. The van der Waals surface area contributed by atoms with Gasteiger partial charge in [0.05, 0.1) is 5.25 Å². The van der Waals surface area contributed by atoms with Crippen LogP contribution in [-0.2, 0) is 10.2 Å². The van der Waals surface area contributed by atoms with Crippen LogP contribution >= 0.6 is 11.8 Å². The molecule has 0 bridgehead atoms. The summed E-state index contributed by atoms with van der Waals surface area (Å²) in [6, 6.07) is 8.66. The van der Waals surface area contributed by atoms with Gasteiger partial charge in [-0.05, 0) is 55.7 Å². The van der Waals surface area contributed by atoms with Gasteiger partial charge in [0.15, 0.2) is 5.16 Å². The molecule has 2 aromatic rings.